The van der Waals surface area contributed by atoms with E-state index in [0.29, 0.717) is 31.4 Å². The van der Waals surface area contributed by atoms with Gasteiger partial charge in [-0.1, -0.05) is 5.16 Å². The van der Waals surface area contributed by atoms with Crippen LogP contribution >= 0.6 is 0 Å². The van der Waals surface area contributed by atoms with E-state index in [2.05, 4.69) is 15.5 Å². The van der Waals surface area contributed by atoms with Crippen LogP contribution in [0.2, 0.25) is 0 Å². The van der Waals surface area contributed by atoms with Gasteiger partial charge in [-0.2, -0.15) is 4.98 Å². The van der Waals surface area contributed by atoms with Gasteiger partial charge < -0.3 is 19.5 Å². The number of hydrogen-bond acceptors (Lipinski definition) is 5. The number of amides is 2. The van der Waals surface area contributed by atoms with Gasteiger partial charge in [-0.15, -0.1) is 0 Å². The number of rotatable bonds is 4. The van der Waals surface area contributed by atoms with Crippen LogP contribution in [0.3, 0.4) is 0 Å². The first kappa shape index (κ1) is 14.8. The van der Waals surface area contributed by atoms with Gasteiger partial charge in [0, 0.05) is 19.1 Å². The van der Waals surface area contributed by atoms with Crippen LogP contribution in [0.4, 0.5) is 4.79 Å². The summed E-state index contributed by atoms with van der Waals surface area (Å²) in [5.74, 6) is 1.12. The molecule has 0 atom stereocenters. The molecular weight excluding hydrogens is 260 g/mol. The summed E-state index contributed by atoms with van der Waals surface area (Å²) in [6.45, 7) is 7.46. The molecule has 0 saturated carbocycles. The minimum absolute atomic E-state index is 0.00553. The lowest BCUT2D eigenvalue weighted by Gasteiger charge is -2.32. The number of ether oxygens (including phenoxy) is 1. The van der Waals surface area contributed by atoms with Crippen molar-refractivity contribution in [2.75, 3.05) is 13.1 Å². The molecule has 1 aromatic rings. The summed E-state index contributed by atoms with van der Waals surface area (Å²) in [6.07, 6.45) is 1.81. The van der Waals surface area contributed by atoms with Crippen LogP contribution in [0.25, 0.3) is 0 Å². The average molecular weight is 282 g/mol. The first-order chi connectivity index (χ1) is 9.54. The molecule has 0 radical (unpaired) electrons. The standard InChI is InChI=1S/C13H22N4O3/c1-9(2)14-13(18)17-6-4-11(5-7-17)19-8-12-15-10(3)16-20-12/h9,11H,4-8H2,1-3H3,(H,14,18). The lowest BCUT2D eigenvalue weighted by Crippen LogP contribution is -2.47. The lowest BCUT2D eigenvalue weighted by molar-refractivity contribution is -0.00620. The van der Waals surface area contributed by atoms with Gasteiger partial charge in [-0.05, 0) is 33.6 Å². The first-order valence-electron chi connectivity index (χ1n) is 7.01. The van der Waals surface area contributed by atoms with E-state index < -0.39 is 0 Å². The van der Waals surface area contributed by atoms with E-state index >= 15 is 0 Å². The molecule has 0 unspecified atom stereocenters. The Morgan fingerprint density at radius 3 is 2.75 bits per heavy atom. The Morgan fingerprint density at radius 1 is 1.50 bits per heavy atom. The molecule has 1 saturated heterocycles. The van der Waals surface area contributed by atoms with Crippen LogP contribution in [-0.2, 0) is 11.3 Å². The molecule has 1 aliphatic heterocycles. The normalized spacial score (nSPS) is 16.7. The van der Waals surface area contributed by atoms with Crippen molar-refractivity contribution in [1.29, 1.82) is 0 Å². The van der Waals surface area contributed by atoms with E-state index in [1.807, 2.05) is 18.7 Å². The topological polar surface area (TPSA) is 80.5 Å². The van der Waals surface area contributed by atoms with Gasteiger partial charge in [0.1, 0.15) is 6.61 Å². The maximum Gasteiger partial charge on any atom is 0.317 e. The Bertz CT molecular complexity index is 439. The van der Waals surface area contributed by atoms with Gasteiger partial charge >= 0.3 is 6.03 Å². The number of piperidine rings is 1. The molecule has 1 aliphatic rings. The molecule has 1 fully saturated rings. The van der Waals surface area contributed by atoms with E-state index in [9.17, 15) is 4.79 Å². The number of carbonyl (C=O) groups is 1. The van der Waals surface area contributed by atoms with Crippen LogP contribution < -0.4 is 5.32 Å². The Hall–Kier alpha value is -1.63. The highest BCUT2D eigenvalue weighted by Crippen LogP contribution is 2.15. The second-order valence-corrected chi connectivity index (χ2v) is 5.34. The average Bonchev–Trinajstić information content (AvgIpc) is 2.82. The highest BCUT2D eigenvalue weighted by Gasteiger charge is 2.23. The smallest absolute Gasteiger partial charge is 0.317 e. The predicted molar refractivity (Wildman–Crippen MR) is 72.1 cm³/mol. The van der Waals surface area contributed by atoms with Crippen LogP contribution in [0.15, 0.2) is 4.52 Å². The fourth-order valence-electron chi connectivity index (χ4n) is 2.15. The second-order valence-electron chi connectivity index (χ2n) is 5.34. The van der Waals surface area contributed by atoms with Gasteiger partial charge in [-0.25, -0.2) is 4.79 Å². The highest BCUT2D eigenvalue weighted by atomic mass is 16.5. The molecule has 2 heterocycles. The maximum absolute atomic E-state index is 11.8. The van der Waals surface area contributed by atoms with E-state index in [1.165, 1.54) is 0 Å². The lowest BCUT2D eigenvalue weighted by atomic mass is 10.1. The zero-order valence-corrected chi connectivity index (χ0v) is 12.3. The van der Waals surface area contributed by atoms with Crippen molar-refractivity contribution in [1.82, 2.24) is 20.4 Å². The van der Waals surface area contributed by atoms with Crippen molar-refractivity contribution in [3.05, 3.63) is 11.7 Å². The number of aryl methyl sites for hydroxylation is 1. The zero-order chi connectivity index (χ0) is 14.5. The molecular formula is C13H22N4O3. The Morgan fingerprint density at radius 2 is 2.20 bits per heavy atom. The van der Waals surface area contributed by atoms with Crippen LogP contribution in [0.1, 0.15) is 38.4 Å². The number of aromatic nitrogens is 2. The molecule has 20 heavy (non-hydrogen) atoms. The summed E-state index contributed by atoms with van der Waals surface area (Å²) in [7, 11) is 0. The van der Waals surface area contributed by atoms with Gasteiger partial charge in [0.2, 0.25) is 0 Å². The summed E-state index contributed by atoms with van der Waals surface area (Å²) in [5.41, 5.74) is 0. The van der Waals surface area contributed by atoms with Gasteiger partial charge in [-0.3, -0.25) is 0 Å². The third kappa shape index (κ3) is 4.19. The van der Waals surface area contributed by atoms with Gasteiger partial charge in [0.25, 0.3) is 5.89 Å². The summed E-state index contributed by atoms with van der Waals surface area (Å²) in [4.78, 5) is 17.8. The van der Waals surface area contributed by atoms with E-state index in [-0.39, 0.29) is 18.2 Å². The van der Waals surface area contributed by atoms with Crippen molar-refractivity contribution in [3.8, 4) is 0 Å². The predicted octanol–water partition coefficient (Wildman–Crippen LogP) is 1.48. The Balaban J connectivity index is 1.70. The maximum atomic E-state index is 11.8. The summed E-state index contributed by atoms with van der Waals surface area (Å²) in [5, 5.41) is 6.62. The van der Waals surface area contributed by atoms with Crippen molar-refractivity contribution in [2.45, 2.75) is 52.4 Å². The molecule has 2 amide bonds. The number of nitrogens with one attached hydrogen (secondary N) is 1. The molecule has 7 heteroatoms. The monoisotopic (exact) mass is 282 g/mol. The largest absolute Gasteiger partial charge is 0.368 e. The second kappa shape index (κ2) is 6.69. The highest BCUT2D eigenvalue weighted by molar-refractivity contribution is 5.74. The van der Waals surface area contributed by atoms with Crippen LogP contribution in [0.5, 0.6) is 0 Å². The molecule has 0 aliphatic carbocycles. The third-order valence-electron chi connectivity index (χ3n) is 3.15. The summed E-state index contributed by atoms with van der Waals surface area (Å²) >= 11 is 0. The molecule has 1 N–H and O–H groups in total. The van der Waals surface area contributed by atoms with Crippen molar-refractivity contribution < 1.29 is 14.1 Å². The van der Waals surface area contributed by atoms with Crippen LogP contribution in [0, 0.1) is 6.92 Å². The SMILES string of the molecule is Cc1noc(COC2CCN(C(=O)NC(C)C)CC2)n1. The number of nitrogens with zero attached hydrogens (tertiary/aromatic N) is 3. The number of hydrogen-bond donors (Lipinski definition) is 1. The fourth-order valence-corrected chi connectivity index (χ4v) is 2.15. The van der Waals surface area contributed by atoms with E-state index in [4.69, 9.17) is 9.26 Å². The van der Waals surface area contributed by atoms with Gasteiger partial charge in [0.05, 0.1) is 6.10 Å². The minimum atomic E-state index is 0.00553. The summed E-state index contributed by atoms with van der Waals surface area (Å²) in [6, 6.07) is 0.170. The fraction of sp³-hybridized carbons (Fsp3) is 0.769. The quantitative estimate of drug-likeness (QED) is 0.904. The molecule has 0 aromatic carbocycles. The molecule has 0 spiro atoms. The number of urea groups is 1. The van der Waals surface area contributed by atoms with Crippen molar-refractivity contribution in [3.63, 3.8) is 0 Å². The molecule has 0 bridgehead atoms. The van der Waals surface area contributed by atoms with Crippen molar-refractivity contribution >= 4 is 6.03 Å². The number of likely N-dealkylation sites (tertiary alicyclic amines) is 1. The zero-order valence-electron chi connectivity index (χ0n) is 12.3. The summed E-state index contributed by atoms with van der Waals surface area (Å²) < 4.78 is 10.7. The Labute approximate surface area is 118 Å². The molecule has 1 aromatic heterocycles. The van der Waals surface area contributed by atoms with E-state index in [1.54, 1.807) is 6.92 Å². The number of carbonyl (C=O) groups excluding carboxylic acids is 1. The molecule has 112 valence electrons. The van der Waals surface area contributed by atoms with Crippen LogP contribution in [-0.4, -0.2) is 46.3 Å². The van der Waals surface area contributed by atoms with Gasteiger partial charge in [0.15, 0.2) is 5.82 Å². The van der Waals surface area contributed by atoms with E-state index in [0.717, 1.165) is 12.8 Å². The van der Waals surface area contributed by atoms with Crippen molar-refractivity contribution in [2.24, 2.45) is 0 Å². The molecule has 7 nitrogen and oxygen atoms in total. The Kier molecular flexibility index (Phi) is 4.94. The molecule has 2 rings (SSSR count). The third-order valence-corrected chi connectivity index (χ3v) is 3.15. The minimum Gasteiger partial charge on any atom is -0.368 e. The first-order valence-corrected chi connectivity index (χ1v) is 7.01.